The highest BCUT2D eigenvalue weighted by Gasteiger charge is 2.28. The molecule has 1 unspecified atom stereocenters. The van der Waals surface area contributed by atoms with Crippen molar-refractivity contribution >= 4 is 22.4 Å². The highest BCUT2D eigenvalue weighted by Crippen LogP contribution is 2.26. The van der Waals surface area contributed by atoms with Crippen LogP contribution in [0.25, 0.3) is 0 Å². The van der Waals surface area contributed by atoms with Crippen LogP contribution in [0.3, 0.4) is 0 Å². The summed E-state index contributed by atoms with van der Waals surface area (Å²) in [7, 11) is 0. The van der Waals surface area contributed by atoms with Crippen LogP contribution in [0.15, 0.2) is 16.1 Å². The third-order valence-electron chi connectivity index (χ3n) is 4.39. The number of rotatable bonds is 3. The van der Waals surface area contributed by atoms with Gasteiger partial charge < -0.3 is 14.3 Å². The van der Waals surface area contributed by atoms with Crippen molar-refractivity contribution in [3.8, 4) is 0 Å². The van der Waals surface area contributed by atoms with Crippen molar-refractivity contribution in [1.29, 1.82) is 0 Å². The van der Waals surface area contributed by atoms with Gasteiger partial charge in [-0.2, -0.15) is 0 Å². The Morgan fingerprint density at radius 3 is 2.78 bits per heavy atom. The molecule has 124 valence electrons. The van der Waals surface area contributed by atoms with Crippen molar-refractivity contribution in [1.82, 2.24) is 15.0 Å². The molecule has 0 N–H and O–H groups in total. The van der Waals surface area contributed by atoms with Crippen LogP contribution in [-0.2, 0) is 4.79 Å². The number of carbonyl (C=O) groups excluding carboxylic acids is 1. The van der Waals surface area contributed by atoms with E-state index in [4.69, 9.17) is 4.52 Å². The van der Waals surface area contributed by atoms with E-state index in [2.05, 4.69) is 15.0 Å². The van der Waals surface area contributed by atoms with Gasteiger partial charge in [0.25, 0.3) is 0 Å². The molecule has 2 aromatic heterocycles. The number of anilines is 1. The van der Waals surface area contributed by atoms with Gasteiger partial charge in [0.05, 0.1) is 11.6 Å². The zero-order valence-corrected chi connectivity index (χ0v) is 14.6. The van der Waals surface area contributed by atoms with Crippen LogP contribution in [0.5, 0.6) is 0 Å². The second-order valence-corrected chi connectivity index (χ2v) is 6.81. The molecule has 0 radical (unpaired) electrons. The third kappa shape index (κ3) is 3.24. The first-order valence-electron chi connectivity index (χ1n) is 7.94. The summed E-state index contributed by atoms with van der Waals surface area (Å²) in [6.45, 7) is 8.98. The monoisotopic (exact) mass is 334 g/mol. The number of aromatic nitrogens is 2. The van der Waals surface area contributed by atoms with Gasteiger partial charge in [-0.3, -0.25) is 4.79 Å². The molecule has 1 aliphatic heterocycles. The minimum absolute atomic E-state index is 0.153. The summed E-state index contributed by atoms with van der Waals surface area (Å²) < 4.78 is 5.21. The fraction of sp³-hybridized carbons (Fsp3) is 0.562. The molecule has 2 aromatic rings. The predicted molar refractivity (Wildman–Crippen MR) is 89.9 cm³/mol. The van der Waals surface area contributed by atoms with Gasteiger partial charge in [-0.1, -0.05) is 5.16 Å². The lowest BCUT2D eigenvalue weighted by atomic mass is 9.98. The van der Waals surface area contributed by atoms with E-state index in [0.717, 1.165) is 54.7 Å². The van der Waals surface area contributed by atoms with Crippen LogP contribution < -0.4 is 4.90 Å². The van der Waals surface area contributed by atoms with Gasteiger partial charge in [-0.05, 0) is 27.2 Å². The number of thiazole rings is 1. The third-order valence-corrected chi connectivity index (χ3v) is 5.22. The quantitative estimate of drug-likeness (QED) is 0.863. The standard InChI is InChI=1S/C16H22N4O2S/c1-11(14-12(2)18-22-13(14)3)15(21)19-6-4-7-20(9-8-19)16-17-5-10-23-16/h5,10-11H,4,6-9H2,1-3H3. The molecule has 0 saturated carbocycles. The lowest BCUT2D eigenvalue weighted by molar-refractivity contribution is -0.132. The molecule has 1 fully saturated rings. The number of aryl methyl sites for hydroxylation is 2. The Kier molecular flexibility index (Phi) is 4.66. The first-order chi connectivity index (χ1) is 11.1. The predicted octanol–water partition coefficient (Wildman–Crippen LogP) is 2.59. The maximum Gasteiger partial charge on any atom is 0.230 e. The Bertz CT molecular complexity index is 648. The summed E-state index contributed by atoms with van der Waals surface area (Å²) in [5, 5.41) is 7.00. The Hall–Kier alpha value is -1.89. The van der Waals surface area contributed by atoms with Gasteiger partial charge in [0, 0.05) is 43.3 Å². The van der Waals surface area contributed by atoms with Gasteiger partial charge >= 0.3 is 0 Å². The van der Waals surface area contributed by atoms with E-state index in [1.54, 1.807) is 11.3 Å². The lowest BCUT2D eigenvalue weighted by Gasteiger charge is -2.24. The van der Waals surface area contributed by atoms with E-state index in [9.17, 15) is 4.79 Å². The summed E-state index contributed by atoms with van der Waals surface area (Å²) in [4.78, 5) is 21.5. The Morgan fingerprint density at radius 2 is 2.13 bits per heavy atom. The van der Waals surface area contributed by atoms with Crippen molar-refractivity contribution in [2.24, 2.45) is 0 Å². The number of nitrogens with zero attached hydrogens (tertiary/aromatic N) is 4. The van der Waals surface area contributed by atoms with Crippen molar-refractivity contribution in [3.63, 3.8) is 0 Å². The Labute approximate surface area is 140 Å². The van der Waals surface area contributed by atoms with Gasteiger partial charge in [0.15, 0.2) is 5.13 Å². The van der Waals surface area contributed by atoms with Crippen molar-refractivity contribution in [2.45, 2.75) is 33.1 Å². The molecule has 6 nitrogen and oxygen atoms in total. The molecular weight excluding hydrogens is 312 g/mol. The van der Waals surface area contributed by atoms with Crippen LogP contribution >= 0.6 is 11.3 Å². The van der Waals surface area contributed by atoms with Crippen LogP contribution in [0, 0.1) is 13.8 Å². The SMILES string of the molecule is Cc1noc(C)c1C(C)C(=O)N1CCCN(c2nccs2)CC1. The molecule has 3 heterocycles. The molecular formula is C16H22N4O2S. The lowest BCUT2D eigenvalue weighted by Crippen LogP contribution is -2.37. The van der Waals surface area contributed by atoms with E-state index < -0.39 is 0 Å². The molecule has 3 rings (SSSR count). The van der Waals surface area contributed by atoms with Crippen LogP contribution in [-0.4, -0.2) is 47.1 Å². The van der Waals surface area contributed by atoms with Gasteiger partial charge in [0.1, 0.15) is 5.76 Å². The van der Waals surface area contributed by atoms with E-state index in [1.165, 1.54) is 0 Å². The largest absolute Gasteiger partial charge is 0.361 e. The molecule has 1 amide bonds. The molecule has 0 aromatic carbocycles. The first kappa shape index (κ1) is 16.0. The average Bonchev–Trinajstić information content (AvgIpc) is 3.10. The summed E-state index contributed by atoms with van der Waals surface area (Å²) in [5.74, 6) is 0.677. The van der Waals surface area contributed by atoms with Crippen LogP contribution in [0.1, 0.15) is 36.3 Å². The number of amides is 1. The minimum Gasteiger partial charge on any atom is -0.361 e. The maximum atomic E-state index is 12.9. The second kappa shape index (κ2) is 6.70. The molecule has 23 heavy (non-hydrogen) atoms. The molecule has 1 saturated heterocycles. The zero-order valence-electron chi connectivity index (χ0n) is 13.8. The number of carbonyl (C=O) groups is 1. The van der Waals surface area contributed by atoms with E-state index in [1.807, 2.05) is 37.2 Å². The smallest absolute Gasteiger partial charge is 0.230 e. The van der Waals surface area contributed by atoms with Gasteiger partial charge in [-0.25, -0.2) is 4.98 Å². The number of hydrogen-bond donors (Lipinski definition) is 0. The van der Waals surface area contributed by atoms with Gasteiger partial charge in [-0.15, -0.1) is 11.3 Å². The van der Waals surface area contributed by atoms with Crippen LogP contribution in [0.4, 0.5) is 5.13 Å². The first-order valence-corrected chi connectivity index (χ1v) is 8.82. The molecule has 1 aliphatic rings. The highest BCUT2D eigenvalue weighted by molar-refractivity contribution is 7.13. The Balaban J connectivity index is 1.68. The van der Waals surface area contributed by atoms with E-state index >= 15 is 0 Å². The van der Waals surface area contributed by atoms with Crippen molar-refractivity contribution < 1.29 is 9.32 Å². The average molecular weight is 334 g/mol. The fourth-order valence-corrected chi connectivity index (χ4v) is 3.90. The highest BCUT2D eigenvalue weighted by atomic mass is 32.1. The molecule has 0 spiro atoms. The molecule has 0 bridgehead atoms. The van der Waals surface area contributed by atoms with Crippen LogP contribution in [0.2, 0.25) is 0 Å². The van der Waals surface area contributed by atoms with Crippen molar-refractivity contribution in [3.05, 3.63) is 28.6 Å². The number of hydrogen-bond acceptors (Lipinski definition) is 6. The topological polar surface area (TPSA) is 62.5 Å². The molecule has 1 atom stereocenters. The maximum absolute atomic E-state index is 12.9. The molecule has 0 aliphatic carbocycles. The summed E-state index contributed by atoms with van der Waals surface area (Å²) in [6, 6.07) is 0. The summed E-state index contributed by atoms with van der Waals surface area (Å²) in [5.41, 5.74) is 1.73. The zero-order chi connectivity index (χ0) is 16.4. The summed E-state index contributed by atoms with van der Waals surface area (Å²) in [6.07, 6.45) is 2.78. The van der Waals surface area contributed by atoms with Gasteiger partial charge in [0.2, 0.25) is 5.91 Å². The van der Waals surface area contributed by atoms with E-state index in [-0.39, 0.29) is 11.8 Å². The Morgan fingerprint density at radius 1 is 1.30 bits per heavy atom. The van der Waals surface area contributed by atoms with E-state index in [0.29, 0.717) is 0 Å². The van der Waals surface area contributed by atoms with Crippen molar-refractivity contribution in [2.75, 3.05) is 31.1 Å². The normalized spacial score (nSPS) is 17.2. The second-order valence-electron chi connectivity index (χ2n) is 5.94. The summed E-state index contributed by atoms with van der Waals surface area (Å²) >= 11 is 1.65. The molecule has 7 heteroatoms. The minimum atomic E-state index is -0.215. The fourth-order valence-electron chi connectivity index (χ4n) is 3.21.